The molecule has 2 aromatic carbocycles. The molecule has 2 amide bonds. The van der Waals surface area contributed by atoms with E-state index in [4.69, 9.17) is 0 Å². The number of urea groups is 1. The fourth-order valence-corrected chi connectivity index (χ4v) is 3.85. The molecule has 6 nitrogen and oxygen atoms in total. The number of nitrogens with zero attached hydrogens (tertiary/aromatic N) is 3. The first-order valence-electron chi connectivity index (χ1n) is 10.6. The largest absolute Gasteiger partial charge is 0.355 e. The molecule has 1 aromatic heterocycles. The van der Waals surface area contributed by atoms with Crippen molar-refractivity contribution < 1.29 is 4.79 Å². The van der Waals surface area contributed by atoms with E-state index in [-0.39, 0.29) is 6.03 Å². The molecule has 1 aliphatic rings. The Labute approximate surface area is 177 Å². The molecule has 1 saturated heterocycles. The van der Waals surface area contributed by atoms with Gasteiger partial charge in [0.05, 0.1) is 0 Å². The third-order valence-corrected chi connectivity index (χ3v) is 5.37. The Morgan fingerprint density at radius 3 is 2.60 bits per heavy atom. The van der Waals surface area contributed by atoms with Crippen LogP contribution in [0.25, 0.3) is 11.3 Å². The summed E-state index contributed by atoms with van der Waals surface area (Å²) >= 11 is 0. The zero-order valence-electron chi connectivity index (χ0n) is 17.3. The van der Waals surface area contributed by atoms with Crippen molar-refractivity contribution in [2.24, 2.45) is 0 Å². The highest BCUT2D eigenvalue weighted by Crippen LogP contribution is 2.30. The number of carbonyl (C=O) groups is 1. The van der Waals surface area contributed by atoms with Gasteiger partial charge in [-0.05, 0) is 49.4 Å². The molecule has 30 heavy (non-hydrogen) atoms. The Morgan fingerprint density at radius 2 is 1.77 bits per heavy atom. The van der Waals surface area contributed by atoms with Crippen LogP contribution >= 0.6 is 0 Å². The van der Waals surface area contributed by atoms with Gasteiger partial charge in [-0.25, -0.2) is 9.78 Å². The lowest BCUT2D eigenvalue weighted by atomic mass is 10.1. The van der Waals surface area contributed by atoms with Crippen molar-refractivity contribution in [1.29, 1.82) is 0 Å². The number of piperidine rings is 1. The molecular formula is C24H27N5O. The van der Waals surface area contributed by atoms with E-state index in [1.54, 1.807) is 12.4 Å². The van der Waals surface area contributed by atoms with Crippen molar-refractivity contribution in [2.75, 3.05) is 28.6 Å². The molecule has 6 heteroatoms. The summed E-state index contributed by atoms with van der Waals surface area (Å²) in [6, 6.07) is 15.3. The Balaban J connectivity index is 1.53. The maximum absolute atomic E-state index is 12.6. The average molecular weight is 402 g/mol. The normalized spacial score (nSPS) is 13.7. The second-order valence-corrected chi connectivity index (χ2v) is 7.45. The smallest absolute Gasteiger partial charge is 0.323 e. The number of amides is 2. The van der Waals surface area contributed by atoms with Gasteiger partial charge in [0.2, 0.25) is 0 Å². The SMILES string of the molecule is CCc1ccccc1NC(=O)Nc1cccc(-c2nccnc2N2CCCCC2)c1. The number of rotatable bonds is 5. The van der Waals surface area contributed by atoms with Crippen LogP contribution in [0.1, 0.15) is 31.7 Å². The van der Waals surface area contributed by atoms with Crippen LogP contribution in [0.4, 0.5) is 22.0 Å². The molecule has 0 spiro atoms. The molecule has 154 valence electrons. The second-order valence-electron chi connectivity index (χ2n) is 7.45. The quantitative estimate of drug-likeness (QED) is 0.605. The molecule has 4 rings (SSSR count). The van der Waals surface area contributed by atoms with E-state index >= 15 is 0 Å². The maximum Gasteiger partial charge on any atom is 0.323 e. The van der Waals surface area contributed by atoms with Crippen molar-refractivity contribution in [3.05, 3.63) is 66.5 Å². The first-order valence-corrected chi connectivity index (χ1v) is 10.6. The van der Waals surface area contributed by atoms with E-state index < -0.39 is 0 Å². The lowest BCUT2D eigenvalue weighted by molar-refractivity contribution is 0.262. The number of aryl methyl sites for hydroxylation is 1. The molecule has 1 fully saturated rings. The maximum atomic E-state index is 12.6. The Kier molecular flexibility index (Phi) is 6.23. The van der Waals surface area contributed by atoms with Crippen LogP contribution in [0.3, 0.4) is 0 Å². The topological polar surface area (TPSA) is 70.1 Å². The zero-order valence-corrected chi connectivity index (χ0v) is 17.3. The van der Waals surface area contributed by atoms with Gasteiger partial charge in [-0.15, -0.1) is 0 Å². The van der Waals surface area contributed by atoms with Crippen LogP contribution in [0.5, 0.6) is 0 Å². The second kappa shape index (κ2) is 9.39. The molecule has 3 aromatic rings. The summed E-state index contributed by atoms with van der Waals surface area (Å²) in [6.07, 6.45) is 7.94. The zero-order chi connectivity index (χ0) is 20.8. The molecule has 0 saturated carbocycles. The molecular weight excluding hydrogens is 374 g/mol. The fraction of sp³-hybridized carbons (Fsp3) is 0.292. The van der Waals surface area contributed by atoms with Crippen LogP contribution < -0.4 is 15.5 Å². The Bertz CT molecular complexity index is 1010. The van der Waals surface area contributed by atoms with Gasteiger partial charge in [0.1, 0.15) is 5.69 Å². The van der Waals surface area contributed by atoms with Gasteiger partial charge in [0, 0.05) is 42.4 Å². The molecule has 1 aliphatic heterocycles. The van der Waals surface area contributed by atoms with E-state index in [1.807, 2.05) is 48.5 Å². The first kappa shape index (κ1) is 19.9. The molecule has 0 aliphatic carbocycles. The third-order valence-electron chi connectivity index (χ3n) is 5.37. The minimum atomic E-state index is -0.261. The van der Waals surface area contributed by atoms with Crippen LogP contribution in [-0.2, 0) is 6.42 Å². The number of carbonyl (C=O) groups excluding carboxylic acids is 1. The lowest BCUT2D eigenvalue weighted by Crippen LogP contribution is -2.30. The number of nitrogens with one attached hydrogen (secondary N) is 2. The van der Waals surface area contributed by atoms with Crippen LogP contribution in [0.15, 0.2) is 60.9 Å². The van der Waals surface area contributed by atoms with Gasteiger partial charge in [-0.3, -0.25) is 4.98 Å². The number of benzene rings is 2. The summed E-state index contributed by atoms with van der Waals surface area (Å²) in [6.45, 7) is 4.08. The molecule has 2 heterocycles. The predicted molar refractivity (Wildman–Crippen MR) is 122 cm³/mol. The van der Waals surface area contributed by atoms with Crippen molar-refractivity contribution in [1.82, 2.24) is 9.97 Å². The van der Waals surface area contributed by atoms with Crippen molar-refractivity contribution in [3.8, 4) is 11.3 Å². The summed E-state index contributed by atoms with van der Waals surface area (Å²) in [7, 11) is 0. The van der Waals surface area contributed by atoms with Crippen molar-refractivity contribution >= 4 is 23.2 Å². The van der Waals surface area contributed by atoms with Gasteiger partial charge in [0.15, 0.2) is 5.82 Å². The number of hydrogen-bond donors (Lipinski definition) is 2. The molecule has 0 radical (unpaired) electrons. The minimum Gasteiger partial charge on any atom is -0.355 e. The standard InChI is InChI=1S/C24H27N5O/c1-2-18-9-4-5-12-21(18)28-24(30)27-20-11-8-10-19(17-20)22-23(26-14-13-25-22)29-15-6-3-7-16-29/h4-5,8-14,17H,2-3,6-7,15-16H2,1H3,(H2,27,28,30). The number of aromatic nitrogens is 2. The lowest BCUT2D eigenvalue weighted by Gasteiger charge is -2.28. The predicted octanol–water partition coefficient (Wildman–Crippen LogP) is 5.34. The summed E-state index contributed by atoms with van der Waals surface area (Å²) < 4.78 is 0. The monoisotopic (exact) mass is 401 g/mol. The fourth-order valence-electron chi connectivity index (χ4n) is 3.85. The van der Waals surface area contributed by atoms with Crippen LogP contribution in [0, 0.1) is 0 Å². The molecule has 2 N–H and O–H groups in total. The summed E-state index contributed by atoms with van der Waals surface area (Å²) in [5, 5.41) is 5.89. The highest BCUT2D eigenvalue weighted by Gasteiger charge is 2.18. The van der Waals surface area contributed by atoms with Gasteiger partial charge < -0.3 is 15.5 Å². The minimum absolute atomic E-state index is 0.261. The Hall–Kier alpha value is -3.41. The van der Waals surface area contributed by atoms with Gasteiger partial charge in [-0.1, -0.05) is 37.3 Å². The number of para-hydroxylation sites is 1. The summed E-state index contributed by atoms with van der Waals surface area (Å²) in [5.74, 6) is 0.913. The van der Waals surface area contributed by atoms with E-state index in [1.165, 1.54) is 19.3 Å². The summed E-state index contributed by atoms with van der Waals surface area (Å²) in [5.41, 5.74) is 4.44. The molecule has 0 bridgehead atoms. The van der Waals surface area contributed by atoms with E-state index in [0.717, 1.165) is 47.8 Å². The van der Waals surface area contributed by atoms with Gasteiger partial charge in [0.25, 0.3) is 0 Å². The van der Waals surface area contributed by atoms with Gasteiger partial charge in [-0.2, -0.15) is 0 Å². The van der Waals surface area contributed by atoms with Crippen molar-refractivity contribution in [3.63, 3.8) is 0 Å². The number of hydrogen-bond acceptors (Lipinski definition) is 4. The van der Waals surface area contributed by atoms with E-state index in [0.29, 0.717) is 5.69 Å². The van der Waals surface area contributed by atoms with Crippen molar-refractivity contribution in [2.45, 2.75) is 32.6 Å². The van der Waals surface area contributed by atoms with Gasteiger partial charge >= 0.3 is 6.03 Å². The first-order chi connectivity index (χ1) is 14.7. The van der Waals surface area contributed by atoms with E-state index in [2.05, 4.69) is 32.4 Å². The molecule has 0 atom stereocenters. The highest BCUT2D eigenvalue weighted by atomic mass is 16.2. The highest BCUT2D eigenvalue weighted by molar-refractivity contribution is 6.00. The number of anilines is 3. The van der Waals surface area contributed by atoms with E-state index in [9.17, 15) is 4.79 Å². The third kappa shape index (κ3) is 4.59. The van der Waals surface area contributed by atoms with Crippen LogP contribution in [0.2, 0.25) is 0 Å². The Morgan fingerprint density at radius 1 is 0.967 bits per heavy atom. The molecule has 0 unspecified atom stereocenters. The average Bonchev–Trinajstić information content (AvgIpc) is 2.80. The van der Waals surface area contributed by atoms with Crippen LogP contribution in [-0.4, -0.2) is 29.1 Å². The summed E-state index contributed by atoms with van der Waals surface area (Å²) in [4.78, 5) is 24.1.